The summed E-state index contributed by atoms with van der Waals surface area (Å²) in [5, 5.41) is 0. The van der Waals surface area contributed by atoms with E-state index in [2.05, 4.69) is 10.9 Å². The van der Waals surface area contributed by atoms with Crippen molar-refractivity contribution in [3.63, 3.8) is 0 Å². The number of nitrogens with two attached hydrogens (primary N) is 1. The Morgan fingerprint density at radius 1 is 1.38 bits per heavy atom. The Bertz CT molecular complexity index is 234. The largest absolute Gasteiger partial charge is 0.369 e. The van der Waals surface area contributed by atoms with Crippen LogP contribution in [-0.2, 0) is 9.59 Å². The van der Waals surface area contributed by atoms with E-state index in [-0.39, 0.29) is 11.9 Å². The fourth-order valence-corrected chi connectivity index (χ4v) is 1.04. The van der Waals surface area contributed by atoms with Crippen LogP contribution in [0.15, 0.2) is 0 Å². The molecule has 1 aliphatic rings. The van der Waals surface area contributed by atoms with E-state index >= 15 is 0 Å². The van der Waals surface area contributed by atoms with Crippen LogP contribution >= 0.6 is 0 Å². The van der Waals surface area contributed by atoms with Gasteiger partial charge in [0.05, 0.1) is 0 Å². The number of hydrazine groups is 1. The monoisotopic (exact) mass is 185 g/mol. The highest BCUT2D eigenvalue weighted by atomic mass is 16.2. The Labute approximate surface area is 77.0 Å². The van der Waals surface area contributed by atoms with E-state index in [9.17, 15) is 9.59 Å². The van der Waals surface area contributed by atoms with Gasteiger partial charge in [-0.2, -0.15) is 0 Å². The van der Waals surface area contributed by atoms with E-state index < -0.39 is 11.3 Å². The first-order chi connectivity index (χ1) is 5.99. The first-order valence-corrected chi connectivity index (χ1v) is 4.35. The van der Waals surface area contributed by atoms with E-state index in [4.69, 9.17) is 5.73 Å². The molecule has 0 bridgehead atoms. The number of rotatable bonds is 4. The third kappa shape index (κ3) is 1.98. The molecule has 1 fully saturated rings. The highest BCUT2D eigenvalue weighted by Crippen LogP contribution is 2.45. The number of carbonyl (C=O) groups is 2. The molecule has 0 unspecified atom stereocenters. The van der Waals surface area contributed by atoms with Gasteiger partial charge in [-0.3, -0.25) is 15.0 Å². The maximum Gasteiger partial charge on any atom is 0.249 e. The zero-order chi connectivity index (χ0) is 10.1. The molecule has 0 atom stereocenters. The Hall–Kier alpha value is -1.10. The summed E-state index contributed by atoms with van der Waals surface area (Å²) in [6.07, 6.45) is 1.13. The Kier molecular flexibility index (Phi) is 2.56. The van der Waals surface area contributed by atoms with Crippen LogP contribution in [0.3, 0.4) is 0 Å². The lowest BCUT2D eigenvalue weighted by Gasteiger charge is -2.14. The predicted molar refractivity (Wildman–Crippen MR) is 47.3 cm³/mol. The molecule has 0 aromatic rings. The summed E-state index contributed by atoms with van der Waals surface area (Å²) in [6.45, 7) is 3.79. The quantitative estimate of drug-likeness (QED) is 0.399. The molecule has 0 aliphatic heterocycles. The van der Waals surface area contributed by atoms with Gasteiger partial charge in [-0.25, -0.2) is 5.43 Å². The van der Waals surface area contributed by atoms with Crippen LogP contribution in [0.1, 0.15) is 26.7 Å². The topological polar surface area (TPSA) is 84.2 Å². The molecule has 5 heteroatoms. The molecule has 0 heterocycles. The van der Waals surface area contributed by atoms with Crippen molar-refractivity contribution < 1.29 is 9.59 Å². The van der Waals surface area contributed by atoms with E-state index in [1.807, 2.05) is 13.8 Å². The third-order valence-corrected chi connectivity index (χ3v) is 2.13. The minimum Gasteiger partial charge on any atom is -0.369 e. The molecule has 74 valence electrons. The van der Waals surface area contributed by atoms with Crippen LogP contribution in [0, 0.1) is 5.41 Å². The summed E-state index contributed by atoms with van der Waals surface area (Å²) in [7, 11) is 0. The number of hydrogen-bond donors (Lipinski definition) is 3. The summed E-state index contributed by atoms with van der Waals surface area (Å²) >= 11 is 0. The molecule has 1 rings (SSSR count). The van der Waals surface area contributed by atoms with Crippen molar-refractivity contribution in [3.8, 4) is 0 Å². The molecule has 0 aromatic carbocycles. The van der Waals surface area contributed by atoms with Gasteiger partial charge in [0.25, 0.3) is 0 Å². The Morgan fingerprint density at radius 2 is 1.92 bits per heavy atom. The van der Waals surface area contributed by atoms with Gasteiger partial charge in [-0.05, 0) is 26.7 Å². The molecular formula is C8H15N3O2. The van der Waals surface area contributed by atoms with Crippen LogP contribution in [0.25, 0.3) is 0 Å². The van der Waals surface area contributed by atoms with Gasteiger partial charge in [0, 0.05) is 6.04 Å². The molecule has 1 saturated carbocycles. The van der Waals surface area contributed by atoms with Crippen LogP contribution in [0.4, 0.5) is 0 Å². The summed E-state index contributed by atoms with van der Waals surface area (Å²) in [6, 6.07) is 0.146. The Morgan fingerprint density at radius 3 is 2.23 bits per heavy atom. The van der Waals surface area contributed by atoms with Crippen LogP contribution < -0.4 is 16.6 Å². The van der Waals surface area contributed by atoms with Gasteiger partial charge in [-0.15, -0.1) is 0 Å². The minimum atomic E-state index is -0.929. The normalized spacial score (nSPS) is 18.4. The number of amides is 2. The first kappa shape index (κ1) is 9.98. The number of carbonyl (C=O) groups excluding carboxylic acids is 2. The van der Waals surface area contributed by atoms with Crippen LogP contribution in [0.5, 0.6) is 0 Å². The number of hydrogen-bond acceptors (Lipinski definition) is 3. The van der Waals surface area contributed by atoms with E-state index in [1.165, 1.54) is 0 Å². The van der Waals surface area contributed by atoms with Crippen molar-refractivity contribution in [2.45, 2.75) is 32.7 Å². The highest BCUT2D eigenvalue weighted by molar-refractivity contribution is 6.07. The van der Waals surface area contributed by atoms with Gasteiger partial charge in [0.2, 0.25) is 11.8 Å². The zero-order valence-electron chi connectivity index (χ0n) is 7.89. The smallest absolute Gasteiger partial charge is 0.249 e. The fourth-order valence-electron chi connectivity index (χ4n) is 1.04. The molecule has 5 nitrogen and oxygen atoms in total. The standard InChI is InChI=1S/C8H15N3O2/c1-5(2)10-11-7(13)8(3-4-8)6(9)12/h5,10H,3-4H2,1-2H3,(H2,9,12)(H,11,13). The maximum absolute atomic E-state index is 11.4. The molecule has 1 aliphatic carbocycles. The molecule has 0 spiro atoms. The second-order valence-corrected chi connectivity index (χ2v) is 3.70. The zero-order valence-corrected chi connectivity index (χ0v) is 7.89. The van der Waals surface area contributed by atoms with Gasteiger partial charge >= 0.3 is 0 Å². The minimum absolute atomic E-state index is 0.146. The van der Waals surface area contributed by atoms with Crippen molar-refractivity contribution in [2.75, 3.05) is 0 Å². The van der Waals surface area contributed by atoms with Gasteiger partial charge in [-0.1, -0.05) is 0 Å². The van der Waals surface area contributed by atoms with Crippen molar-refractivity contribution >= 4 is 11.8 Å². The van der Waals surface area contributed by atoms with Gasteiger partial charge in [0.1, 0.15) is 5.41 Å². The molecule has 0 radical (unpaired) electrons. The second-order valence-electron chi connectivity index (χ2n) is 3.70. The molecule has 2 amide bonds. The summed E-state index contributed by atoms with van der Waals surface area (Å²) in [4.78, 5) is 22.3. The summed E-state index contributed by atoms with van der Waals surface area (Å²) in [5.41, 5.74) is 9.40. The van der Waals surface area contributed by atoms with E-state index in [1.54, 1.807) is 0 Å². The van der Waals surface area contributed by atoms with Gasteiger partial charge < -0.3 is 5.73 Å². The molecule has 0 saturated heterocycles. The van der Waals surface area contributed by atoms with Crippen LogP contribution in [0.2, 0.25) is 0 Å². The Balaban J connectivity index is 2.44. The van der Waals surface area contributed by atoms with Crippen molar-refractivity contribution in [1.82, 2.24) is 10.9 Å². The van der Waals surface area contributed by atoms with Crippen molar-refractivity contribution in [1.29, 1.82) is 0 Å². The van der Waals surface area contributed by atoms with Crippen LogP contribution in [-0.4, -0.2) is 17.9 Å². The fraction of sp³-hybridized carbons (Fsp3) is 0.750. The molecule has 4 N–H and O–H groups in total. The molecular weight excluding hydrogens is 170 g/mol. The second kappa shape index (κ2) is 3.33. The van der Waals surface area contributed by atoms with Gasteiger partial charge in [0.15, 0.2) is 0 Å². The highest BCUT2D eigenvalue weighted by Gasteiger charge is 2.55. The SMILES string of the molecule is CC(C)NNC(=O)C1(C(N)=O)CC1. The average Bonchev–Trinajstić information content (AvgIpc) is 2.79. The average molecular weight is 185 g/mol. The van der Waals surface area contributed by atoms with Crippen molar-refractivity contribution in [3.05, 3.63) is 0 Å². The first-order valence-electron chi connectivity index (χ1n) is 4.35. The number of primary amides is 1. The van der Waals surface area contributed by atoms with Crippen molar-refractivity contribution in [2.24, 2.45) is 11.1 Å². The lowest BCUT2D eigenvalue weighted by Crippen LogP contribution is -2.48. The van der Waals surface area contributed by atoms with E-state index in [0.29, 0.717) is 12.8 Å². The number of nitrogens with one attached hydrogen (secondary N) is 2. The molecule has 13 heavy (non-hydrogen) atoms. The predicted octanol–water partition coefficient (Wildman–Crippen LogP) is -0.719. The summed E-state index contributed by atoms with van der Waals surface area (Å²) < 4.78 is 0. The third-order valence-electron chi connectivity index (χ3n) is 2.13. The maximum atomic E-state index is 11.4. The van der Waals surface area contributed by atoms with E-state index in [0.717, 1.165) is 0 Å². The lowest BCUT2D eigenvalue weighted by molar-refractivity contribution is -0.136. The lowest BCUT2D eigenvalue weighted by atomic mass is 10.1. The molecule has 0 aromatic heterocycles. The summed E-state index contributed by atoms with van der Waals surface area (Å²) in [5.74, 6) is -0.843.